The summed E-state index contributed by atoms with van der Waals surface area (Å²) in [5, 5.41) is 3.34. The van der Waals surface area contributed by atoms with Crippen molar-refractivity contribution in [3.8, 4) is 5.75 Å². The second kappa shape index (κ2) is 8.12. The molecular weight excluding hydrogens is 245 g/mol. The summed E-state index contributed by atoms with van der Waals surface area (Å²) in [5.41, 5.74) is 0.844. The van der Waals surface area contributed by atoms with Gasteiger partial charge in [0.05, 0.1) is 6.61 Å². The van der Waals surface area contributed by atoms with Crippen molar-refractivity contribution in [2.45, 2.75) is 39.3 Å². The molecule has 1 aromatic carbocycles. The first kappa shape index (κ1) is 15.9. The third kappa shape index (κ3) is 4.80. The van der Waals surface area contributed by atoms with E-state index in [0.717, 1.165) is 18.5 Å². The lowest BCUT2D eigenvalue weighted by molar-refractivity contribution is 0.0881. The van der Waals surface area contributed by atoms with Gasteiger partial charge in [-0.15, -0.1) is 0 Å². The number of hydrogen-bond donors (Lipinski definition) is 1. The second-order valence-corrected chi connectivity index (χ2v) is 4.72. The Morgan fingerprint density at radius 1 is 1.32 bits per heavy atom. The van der Waals surface area contributed by atoms with E-state index in [1.165, 1.54) is 6.07 Å². The molecule has 0 bridgehead atoms. The molecule has 0 aliphatic heterocycles. The van der Waals surface area contributed by atoms with E-state index in [1.54, 1.807) is 13.2 Å². The van der Waals surface area contributed by atoms with E-state index in [-0.39, 0.29) is 18.0 Å². The van der Waals surface area contributed by atoms with Crippen molar-refractivity contribution >= 4 is 0 Å². The van der Waals surface area contributed by atoms with E-state index in [2.05, 4.69) is 12.2 Å². The number of hydrogen-bond acceptors (Lipinski definition) is 3. The van der Waals surface area contributed by atoms with Crippen LogP contribution < -0.4 is 10.1 Å². The van der Waals surface area contributed by atoms with E-state index in [1.807, 2.05) is 19.9 Å². The van der Waals surface area contributed by atoms with Crippen LogP contribution >= 0.6 is 0 Å². The lowest BCUT2D eigenvalue weighted by atomic mass is 10.1. The number of methoxy groups -OCH3 is 1. The van der Waals surface area contributed by atoms with Crippen LogP contribution in [0.3, 0.4) is 0 Å². The Labute approximate surface area is 115 Å². The molecule has 0 fully saturated rings. The Morgan fingerprint density at radius 3 is 2.68 bits per heavy atom. The predicted molar refractivity (Wildman–Crippen MR) is 75.1 cm³/mol. The maximum Gasteiger partial charge on any atom is 0.165 e. The van der Waals surface area contributed by atoms with Crippen molar-refractivity contribution in [1.82, 2.24) is 5.32 Å². The summed E-state index contributed by atoms with van der Waals surface area (Å²) in [6, 6.07) is 5.08. The van der Waals surface area contributed by atoms with Crippen molar-refractivity contribution in [2.24, 2.45) is 0 Å². The smallest absolute Gasteiger partial charge is 0.165 e. The molecule has 0 saturated heterocycles. The van der Waals surface area contributed by atoms with Crippen LogP contribution in [0.4, 0.5) is 4.39 Å². The van der Waals surface area contributed by atoms with Crippen molar-refractivity contribution in [1.29, 1.82) is 0 Å². The fraction of sp³-hybridized carbons (Fsp3) is 0.600. The van der Waals surface area contributed by atoms with Crippen LogP contribution in [0.1, 0.15) is 38.8 Å². The molecule has 3 nitrogen and oxygen atoms in total. The Bertz CT molecular complexity index is 384. The molecule has 0 saturated carbocycles. The van der Waals surface area contributed by atoms with E-state index >= 15 is 0 Å². The summed E-state index contributed by atoms with van der Waals surface area (Å²) in [5.74, 6) is -0.00578. The molecule has 2 atom stereocenters. The zero-order chi connectivity index (χ0) is 14.3. The third-order valence-electron chi connectivity index (χ3n) is 2.88. The van der Waals surface area contributed by atoms with Crippen LogP contribution in [-0.2, 0) is 4.74 Å². The summed E-state index contributed by atoms with van der Waals surface area (Å²) in [6.45, 7) is 7.31. The number of nitrogens with one attached hydrogen (secondary N) is 1. The highest BCUT2D eigenvalue weighted by Crippen LogP contribution is 2.29. The first-order chi connectivity index (χ1) is 9.10. The highest BCUT2D eigenvalue weighted by molar-refractivity contribution is 5.37. The highest BCUT2D eigenvalue weighted by atomic mass is 19.1. The average Bonchev–Trinajstić information content (AvgIpc) is 2.38. The second-order valence-electron chi connectivity index (χ2n) is 4.72. The summed E-state index contributed by atoms with van der Waals surface area (Å²) in [4.78, 5) is 0. The number of ether oxygens (including phenoxy) is 2. The molecule has 108 valence electrons. The van der Waals surface area contributed by atoms with E-state index < -0.39 is 0 Å². The molecule has 0 aliphatic rings. The third-order valence-corrected chi connectivity index (χ3v) is 2.88. The molecule has 0 aromatic heterocycles. The summed E-state index contributed by atoms with van der Waals surface area (Å²) < 4.78 is 24.6. The van der Waals surface area contributed by atoms with Gasteiger partial charge in [0.2, 0.25) is 0 Å². The average molecular weight is 269 g/mol. The molecule has 0 aliphatic carbocycles. The van der Waals surface area contributed by atoms with Gasteiger partial charge in [0, 0.05) is 18.7 Å². The molecule has 2 unspecified atom stereocenters. The maximum atomic E-state index is 13.9. The number of para-hydroxylation sites is 1. The molecule has 0 heterocycles. The van der Waals surface area contributed by atoms with Gasteiger partial charge in [-0.05, 0) is 32.9 Å². The largest absolute Gasteiger partial charge is 0.485 e. The quantitative estimate of drug-likeness (QED) is 0.785. The standard InChI is InChI=1S/C15H24FNO2/c1-5-9-17-12(3)13-7-6-8-14(16)15(13)19-11(2)10-18-4/h6-8,11-12,17H,5,9-10H2,1-4H3. The van der Waals surface area contributed by atoms with E-state index in [4.69, 9.17) is 9.47 Å². The molecule has 19 heavy (non-hydrogen) atoms. The van der Waals surface area contributed by atoms with E-state index in [0.29, 0.717) is 12.4 Å². The normalized spacial score (nSPS) is 14.2. The van der Waals surface area contributed by atoms with Crippen LogP contribution in [0.2, 0.25) is 0 Å². The maximum absolute atomic E-state index is 13.9. The highest BCUT2D eigenvalue weighted by Gasteiger charge is 2.17. The van der Waals surface area contributed by atoms with Gasteiger partial charge in [-0.2, -0.15) is 0 Å². The van der Waals surface area contributed by atoms with Gasteiger partial charge in [0.15, 0.2) is 11.6 Å². The molecule has 0 radical (unpaired) electrons. The first-order valence-corrected chi connectivity index (χ1v) is 6.77. The molecule has 0 amide bonds. The number of rotatable bonds is 8. The Kier molecular flexibility index (Phi) is 6.81. The molecule has 1 rings (SSSR count). The minimum Gasteiger partial charge on any atom is -0.485 e. The molecule has 1 N–H and O–H groups in total. The minimum atomic E-state index is -0.328. The zero-order valence-electron chi connectivity index (χ0n) is 12.2. The molecule has 4 heteroatoms. The lowest BCUT2D eigenvalue weighted by Crippen LogP contribution is -2.23. The van der Waals surface area contributed by atoms with Gasteiger partial charge in [-0.3, -0.25) is 0 Å². The van der Waals surface area contributed by atoms with Crippen LogP contribution in [-0.4, -0.2) is 26.4 Å². The molecular formula is C15H24FNO2. The van der Waals surface area contributed by atoms with Gasteiger partial charge >= 0.3 is 0 Å². The van der Waals surface area contributed by atoms with Crippen LogP contribution in [0.15, 0.2) is 18.2 Å². The van der Waals surface area contributed by atoms with Crippen molar-refractivity contribution in [2.75, 3.05) is 20.3 Å². The molecule has 1 aromatic rings. The summed E-state index contributed by atoms with van der Waals surface area (Å²) >= 11 is 0. The summed E-state index contributed by atoms with van der Waals surface area (Å²) in [6.07, 6.45) is 0.856. The number of benzene rings is 1. The number of halogens is 1. The lowest BCUT2D eigenvalue weighted by Gasteiger charge is -2.21. The van der Waals surface area contributed by atoms with Crippen LogP contribution in [0.25, 0.3) is 0 Å². The zero-order valence-corrected chi connectivity index (χ0v) is 12.2. The first-order valence-electron chi connectivity index (χ1n) is 6.77. The SMILES string of the molecule is CCCNC(C)c1cccc(F)c1OC(C)COC. The van der Waals surface area contributed by atoms with Crippen LogP contribution in [0, 0.1) is 5.82 Å². The topological polar surface area (TPSA) is 30.5 Å². The predicted octanol–water partition coefficient (Wildman–Crippen LogP) is 3.30. The fourth-order valence-electron chi connectivity index (χ4n) is 1.93. The Hall–Kier alpha value is -1.13. The van der Waals surface area contributed by atoms with Gasteiger partial charge in [-0.1, -0.05) is 19.1 Å². The van der Waals surface area contributed by atoms with Crippen LogP contribution in [0.5, 0.6) is 5.75 Å². The van der Waals surface area contributed by atoms with Crippen molar-refractivity contribution < 1.29 is 13.9 Å². The van der Waals surface area contributed by atoms with Gasteiger partial charge in [0.25, 0.3) is 0 Å². The summed E-state index contributed by atoms with van der Waals surface area (Å²) in [7, 11) is 1.60. The van der Waals surface area contributed by atoms with Gasteiger partial charge in [0.1, 0.15) is 6.10 Å². The Balaban J connectivity index is 2.88. The monoisotopic (exact) mass is 269 g/mol. The van der Waals surface area contributed by atoms with Gasteiger partial charge in [-0.25, -0.2) is 4.39 Å². The minimum absolute atomic E-state index is 0.0559. The van der Waals surface area contributed by atoms with Gasteiger partial charge < -0.3 is 14.8 Å². The van der Waals surface area contributed by atoms with Crippen molar-refractivity contribution in [3.05, 3.63) is 29.6 Å². The van der Waals surface area contributed by atoms with E-state index in [9.17, 15) is 4.39 Å². The fourth-order valence-corrected chi connectivity index (χ4v) is 1.93. The molecule has 0 spiro atoms. The van der Waals surface area contributed by atoms with Crippen molar-refractivity contribution in [3.63, 3.8) is 0 Å². The Morgan fingerprint density at radius 2 is 2.05 bits per heavy atom.